The highest BCUT2D eigenvalue weighted by Crippen LogP contribution is 2.14. The van der Waals surface area contributed by atoms with Gasteiger partial charge in [0.1, 0.15) is 0 Å². The molecule has 0 bridgehead atoms. The maximum atomic E-state index is 12.3. The maximum absolute atomic E-state index is 12.3. The fourth-order valence-electron chi connectivity index (χ4n) is 2.55. The van der Waals surface area contributed by atoms with Crippen molar-refractivity contribution in [2.45, 2.75) is 23.8 Å². The molecule has 7 nitrogen and oxygen atoms in total. The van der Waals surface area contributed by atoms with Crippen LogP contribution in [0, 0.1) is 0 Å². The van der Waals surface area contributed by atoms with Gasteiger partial charge in [0.25, 0.3) is 0 Å². The Kier molecular flexibility index (Phi) is 6.15. The third-order valence-electron chi connectivity index (χ3n) is 3.89. The number of sulfonamides is 2. The number of nitrogens with zero attached hydrogens (tertiary/aromatic N) is 1. The van der Waals surface area contributed by atoms with E-state index in [4.69, 9.17) is 0 Å². The van der Waals surface area contributed by atoms with Crippen LogP contribution in [0.4, 0.5) is 0 Å². The summed E-state index contributed by atoms with van der Waals surface area (Å²) in [6.07, 6.45) is 1.75. The lowest BCUT2D eigenvalue weighted by molar-refractivity contribution is 0.293. The van der Waals surface area contributed by atoms with Crippen LogP contribution in [-0.2, 0) is 20.0 Å². The molecule has 1 aromatic carbocycles. The molecule has 1 unspecified atom stereocenters. The molecule has 0 radical (unpaired) electrons. The maximum Gasteiger partial charge on any atom is 0.240 e. The number of rotatable bonds is 7. The highest BCUT2D eigenvalue weighted by Gasteiger charge is 2.28. The van der Waals surface area contributed by atoms with Crippen molar-refractivity contribution in [2.24, 2.45) is 0 Å². The van der Waals surface area contributed by atoms with Crippen LogP contribution in [0.1, 0.15) is 12.8 Å². The zero-order valence-electron chi connectivity index (χ0n) is 13.1. The average Bonchev–Trinajstić information content (AvgIpc) is 2.55. The first-order valence-corrected chi connectivity index (χ1v) is 10.6. The summed E-state index contributed by atoms with van der Waals surface area (Å²) in [5.74, 6) is -0.241. The van der Waals surface area contributed by atoms with Gasteiger partial charge in [-0.05, 0) is 32.0 Å². The lowest BCUT2D eigenvalue weighted by atomic mass is 10.1. The van der Waals surface area contributed by atoms with Crippen LogP contribution in [0.15, 0.2) is 35.2 Å². The van der Waals surface area contributed by atoms with Crippen LogP contribution in [0.3, 0.4) is 0 Å². The monoisotopic (exact) mass is 361 g/mol. The van der Waals surface area contributed by atoms with E-state index in [1.807, 2.05) is 7.05 Å². The average molecular weight is 361 g/mol. The van der Waals surface area contributed by atoms with Gasteiger partial charge in [0.15, 0.2) is 0 Å². The van der Waals surface area contributed by atoms with Crippen LogP contribution >= 0.6 is 0 Å². The van der Waals surface area contributed by atoms with Crippen LogP contribution in [-0.4, -0.2) is 59.6 Å². The van der Waals surface area contributed by atoms with Crippen molar-refractivity contribution < 1.29 is 16.8 Å². The van der Waals surface area contributed by atoms with Gasteiger partial charge in [-0.1, -0.05) is 18.2 Å². The largest absolute Gasteiger partial charge is 0.316 e. The SMILES string of the molecule is CNC1CCCN(S(=O)(=O)CCNS(=O)(=O)c2ccccc2)C1. The smallest absolute Gasteiger partial charge is 0.240 e. The Labute approximate surface area is 138 Å². The minimum Gasteiger partial charge on any atom is -0.316 e. The quantitative estimate of drug-likeness (QED) is 0.712. The third kappa shape index (κ3) is 4.98. The standard InChI is InChI=1S/C14H23N3O4S2/c1-15-13-6-5-10-17(12-13)22(18,19)11-9-16-23(20,21)14-7-3-2-4-8-14/h2-4,7-8,13,15-16H,5-6,9-12H2,1H3. The van der Waals surface area contributed by atoms with Gasteiger partial charge in [-0.3, -0.25) is 0 Å². The first-order valence-electron chi connectivity index (χ1n) is 7.55. The summed E-state index contributed by atoms with van der Waals surface area (Å²) in [6.45, 7) is 0.788. The molecule has 1 aliphatic heterocycles. The zero-order chi connectivity index (χ0) is 16.9. The lowest BCUT2D eigenvalue weighted by Crippen LogP contribution is -2.48. The number of piperidine rings is 1. The van der Waals surface area contributed by atoms with E-state index >= 15 is 0 Å². The topological polar surface area (TPSA) is 95.6 Å². The molecule has 1 fully saturated rings. The van der Waals surface area contributed by atoms with Gasteiger partial charge in [-0.2, -0.15) is 0 Å². The third-order valence-corrected chi connectivity index (χ3v) is 7.21. The summed E-state index contributed by atoms with van der Waals surface area (Å²) in [5.41, 5.74) is 0. The van der Waals surface area contributed by atoms with Crippen LogP contribution in [0.5, 0.6) is 0 Å². The fraction of sp³-hybridized carbons (Fsp3) is 0.571. The summed E-state index contributed by atoms with van der Waals surface area (Å²) in [5, 5.41) is 3.09. The second kappa shape index (κ2) is 7.71. The minimum atomic E-state index is -3.67. The molecular weight excluding hydrogens is 338 g/mol. The molecule has 0 amide bonds. The van der Waals surface area contributed by atoms with Gasteiger partial charge < -0.3 is 5.32 Å². The molecule has 1 heterocycles. The molecule has 130 valence electrons. The minimum absolute atomic E-state index is 0.130. The normalized spacial score (nSPS) is 20.5. The lowest BCUT2D eigenvalue weighted by Gasteiger charge is -2.31. The van der Waals surface area contributed by atoms with Gasteiger partial charge in [-0.25, -0.2) is 25.9 Å². The highest BCUT2D eigenvalue weighted by atomic mass is 32.2. The first kappa shape index (κ1) is 18.3. The molecule has 9 heteroatoms. The molecule has 1 saturated heterocycles. The second-order valence-corrected chi connectivity index (χ2v) is 9.37. The van der Waals surface area contributed by atoms with E-state index < -0.39 is 20.0 Å². The van der Waals surface area contributed by atoms with E-state index in [0.29, 0.717) is 13.1 Å². The fourth-order valence-corrected chi connectivity index (χ4v) is 5.16. The number of likely N-dealkylation sites (N-methyl/N-ethyl adjacent to an activating group) is 1. The number of hydrogen-bond acceptors (Lipinski definition) is 5. The summed E-state index contributed by atoms with van der Waals surface area (Å²) in [7, 11) is -5.32. The van der Waals surface area contributed by atoms with Crippen molar-refractivity contribution in [1.82, 2.24) is 14.3 Å². The Morgan fingerprint density at radius 3 is 2.52 bits per heavy atom. The molecule has 0 aliphatic carbocycles. The molecule has 2 rings (SSSR count). The predicted molar refractivity (Wildman–Crippen MR) is 89.1 cm³/mol. The van der Waals surface area contributed by atoms with Crippen LogP contribution < -0.4 is 10.0 Å². The Hall–Kier alpha value is -1.00. The first-order chi connectivity index (χ1) is 10.8. The zero-order valence-corrected chi connectivity index (χ0v) is 14.7. The van der Waals surface area contributed by atoms with E-state index in [1.165, 1.54) is 16.4 Å². The van der Waals surface area contributed by atoms with Crippen LogP contribution in [0.2, 0.25) is 0 Å². The molecular formula is C14H23N3O4S2. The molecule has 0 aromatic heterocycles. The Balaban J connectivity index is 1.92. The highest BCUT2D eigenvalue weighted by molar-refractivity contribution is 7.90. The van der Waals surface area contributed by atoms with Crippen molar-refractivity contribution in [3.8, 4) is 0 Å². The van der Waals surface area contributed by atoms with Gasteiger partial charge in [0.2, 0.25) is 20.0 Å². The molecule has 0 saturated carbocycles. The Morgan fingerprint density at radius 2 is 1.87 bits per heavy atom. The predicted octanol–water partition coefficient (Wildman–Crippen LogP) is -0.0215. The van der Waals surface area contributed by atoms with E-state index in [2.05, 4.69) is 10.0 Å². The van der Waals surface area contributed by atoms with Crippen molar-refractivity contribution in [2.75, 3.05) is 32.4 Å². The molecule has 23 heavy (non-hydrogen) atoms. The van der Waals surface area contributed by atoms with E-state index in [1.54, 1.807) is 18.2 Å². The summed E-state index contributed by atoms with van der Waals surface area (Å²) in [4.78, 5) is 0.130. The summed E-state index contributed by atoms with van der Waals surface area (Å²) < 4.78 is 52.6. The summed E-state index contributed by atoms with van der Waals surface area (Å²) >= 11 is 0. The van der Waals surface area contributed by atoms with Crippen molar-refractivity contribution in [1.29, 1.82) is 0 Å². The molecule has 1 aliphatic rings. The molecule has 2 N–H and O–H groups in total. The Morgan fingerprint density at radius 1 is 1.17 bits per heavy atom. The number of benzene rings is 1. The second-order valence-electron chi connectivity index (χ2n) is 5.51. The van der Waals surface area contributed by atoms with Gasteiger partial charge in [-0.15, -0.1) is 0 Å². The van der Waals surface area contributed by atoms with E-state index in [0.717, 1.165) is 12.8 Å². The number of nitrogens with one attached hydrogen (secondary N) is 2. The van der Waals surface area contributed by atoms with E-state index in [9.17, 15) is 16.8 Å². The molecule has 1 aromatic rings. The Bertz CT molecular complexity index is 705. The summed E-state index contributed by atoms with van der Waals surface area (Å²) in [6, 6.07) is 8.06. The number of hydrogen-bond donors (Lipinski definition) is 2. The van der Waals surface area contributed by atoms with E-state index in [-0.39, 0.29) is 23.2 Å². The van der Waals surface area contributed by atoms with Crippen LogP contribution in [0.25, 0.3) is 0 Å². The molecule has 1 atom stereocenters. The van der Waals surface area contributed by atoms with Gasteiger partial charge in [0, 0.05) is 25.7 Å². The van der Waals surface area contributed by atoms with Crippen molar-refractivity contribution in [3.63, 3.8) is 0 Å². The van der Waals surface area contributed by atoms with Gasteiger partial charge >= 0.3 is 0 Å². The molecule has 0 spiro atoms. The van der Waals surface area contributed by atoms with Crippen molar-refractivity contribution >= 4 is 20.0 Å². The van der Waals surface area contributed by atoms with Crippen molar-refractivity contribution in [3.05, 3.63) is 30.3 Å². The van der Waals surface area contributed by atoms with Gasteiger partial charge in [0.05, 0.1) is 10.6 Å².